The summed E-state index contributed by atoms with van der Waals surface area (Å²) in [6.45, 7) is 5.53. The molecule has 1 aromatic carbocycles. The summed E-state index contributed by atoms with van der Waals surface area (Å²) >= 11 is 1.34. The van der Waals surface area contributed by atoms with E-state index >= 15 is 0 Å². The number of carbonyl (C=O) groups is 2. The van der Waals surface area contributed by atoms with Crippen LogP contribution >= 0.6 is 11.3 Å². The van der Waals surface area contributed by atoms with Gasteiger partial charge in [-0.15, -0.1) is 11.3 Å². The minimum atomic E-state index is -3.24. The Morgan fingerprint density at radius 1 is 1.14 bits per heavy atom. The molecular formula is C19H25N3O4S2. The largest absolute Gasteiger partial charge is 0.352 e. The van der Waals surface area contributed by atoms with Gasteiger partial charge >= 0.3 is 0 Å². The Balaban J connectivity index is 1.97. The summed E-state index contributed by atoms with van der Waals surface area (Å²) in [7, 11) is -3.24. The second kappa shape index (κ2) is 9.29. The van der Waals surface area contributed by atoms with Crippen molar-refractivity contribution in [1.82, 2.24) is 15.6 Å². The first-order valence-corrected chi connectivity index (χ1v) is 11.7. The lowest BCUT2D eigenvalue weighted by atomic mass is 10.2. The molecule has 0 fully saturated rings. The monoisotopic (exact) mass is 423 g/mol. The molecule has 1 heterocycles. The molecular weight excluding hydrogens is 398 g/mol. The maximum Gasteiger partial charge on any atom is 0.242 e. The number of nitrogens with zero attached hydrogens (tertiary/aromatic N) is 1. The first-order chi connectivity index (χ1) is 13.1. The summed E-state index contributed by atoms with van der Waals surface area (Å²) in [6, 6.07) is 5.89. The number of aromatic nitrogens is 1. The zero-order chi connectivity index (χ0) is 20.9. The quantitative estimate of drug-likeness (QED) is 0.677. The van der Waals surface area contributed by atoms with Gasteiger partial charge in [0.15, 0.2) is 9.84 Å². The summed E-state index contributed by atoms with van der Waals surface area (Å²) in [5.41, 5.74) is 1.45. The van der Waals surface area contributed by atoms with Crippen molar-refractivity contribution in [2.24, 2.45) is 0 Å². The van der Waals surface area contributed by atoms with Crippen LogP contribution in [0, 0.1) is 0 Å². The molecule has 2 N–H and O–H groups in total. The van der Waals surface area contributed by atoms with Crippen LogP contribution in [0.2, 0.25) is 0 Å². The lowest BCUT2D eigenvalue weighted by molar-refractivity contribution is -0.128. The Bertz CT molecular complexity index is 936. The first-order valence-electron chi connectivity index (χ1n) is 8.94. The molecule has 0 saturated carbocycles. The van der Waals surface area contributed by atoms with Gasteiger partial charge in [0.05, 0.1) is 17.0 Å². The van der Waals surface area contributed by atoms with Crippen molar-refractivity contribution >= 4 is 33.0 Å². The van der Waals surface area contributed by atoms with Crippen LogP contribution in [-0.2, 0) is 25.8 Å². The van der Waals surface area contributed by atoms with E-state index in [0.29, 0.717) is 10.7 Å². The molecule has 152 valence electrons. The number of rotatable bonds is 8. The number of nitrogens with one attached hydrogen (secondary N) is 2. The molecule has 9 heteroatoms. The topological polar surface area (TPSA) is 105 Å². The highest BCUT2D eigenvalue weighted by Gasteiger charge is 2.18. The summed E-state index contributed by atoms with van der Waals surface area (Å²) in [6.07, 6.45) is 2.05. The van der Waals surface area contributed by atoms with Crippen molar-refractivity contribution < 1.29 is 18.0 Å². The van der Waals surface area contributed by atoms with E-state index in [-0.39, 0.29) is 29.2 Å². The number of thiazole rings is 1. The van der Waals surface area contributed by atoms with Crippen molar-refractivity contribution in [2.45, 2.75) is 50.6 Å². The van der Waals surface area contributed by atoms with Crippen molar-refractivity contribution in [3.8, 4) is 11.3 Å². The molecule has 0 saturated heterocycles. The maximum atomic E-state index is 12.2. The van der Waals surface area contributed by atoms with Crippen LogP contribution < -0.4 is 10.6 Å². The second-order valence-corrected chi connectivity index (χ2v) is 9.67. The van der Waals surface area contributed by atoms with Crippen LogP contribution in [-0.4, -0.2) is 43.6 Å². The zero-order valence-corrected chi connectivity index (χ0v) is 18.0. The molecule has 2 amide bonds. The van der Waals surface area contributed by atoms with Gasteiger partial charge in [-0.05, 0) is 32.4 Å². The summed E-state index contributed by atoms with van der Waals surface area (Å²) in [5.74, 6) is -0.492. The van der Waals surface area contributed by atoms with E-state index < -0.39 is 15.9 Å². The normalized spacial score (nSPS) is 13.6. The second-order valence-electron chi connectivity index (χ2n) is 6.71. The van der Waals surface area contributed by atoms with Crippen LogP contribution in [0.4, 0.5) is 0 Å². The Hall–Kier alpha value is -2.26. The van der Waals surface area contributed by atoms with Gasteiger partial charge in [-0.25, -0.2) is 13.4 Å². The average Bonchev–Trinajstić information content (AvgIpc) is 3.09. The minimum absolute atomic E-state index is 0.0578. The molecule has 0 aliphatic rings. The Morgan fingerprint density at radius 2 is 1.79 bits per heavy atom. The molecule has 0 bridgehead atoms. The highest BCUT2D eigenvalue weighted by atomic mass is 32.2. The van der Waals surface area contributed by atoms with Crippen molar-refractivity contribution in [2.75, 3.05) is 6.26 Å². The fourth-order valence-corrected chi connectivity index (χ4v) is 3.80. The number of amides is 2. The summed E-state index contributed by atoms with van der Waals surface area (Å²) < 4.78 is 23.1. The van der Waals surface area contributed by atoms with Crippen LogP contribution in [0.5, 0.6) is 0 Å². The number of hydrogen-bond acceptors (Lipinski definition) is 6. The first kappa shape index (κ1) is 22.0. The average molecular weight is 424 g/mol. The molecule has 0 aliphatic heterocycles. The molecule has 0 radical (unpaired) electrons. The molecule has 28 heavy (non-hydrogen) atoms. The molecule has 7 nitrogen and oxygen atoms in total. The number of hydrogen-bond donors (Lipinski definition) is 2. The molecule has 2 aromatic rings. The van der Waals surface area contributed by atoms with Gasteiger partial charge in [-0.3, -0.25) is 9.59 Å². The highest BCUT2D eigenvalue weighted by molar-refractivity contribution is 7.90. The summed E-state index contributed by atoms with van der Waals surface area (Å²) in [5, 5.41) is 7.95. The molecule has 2 atom stereocenters. The standard InChI is InChI=1S/C19H25N3O4S2/c1-5-12(2)20-19(24)13(3)21-17(23)10-18-22-16(11-27-18)14-6-8-15(9-7-14)28(4,25)26/h6-9,11-13H,5,10H2,1-4H3,(H,20,24)(H,21,23)/t12-,13+/m0/s1. The third-order valence-corrected chi connectivity index (χ3v) is 6.19. The van der Waals surface area contributed by atoms with Crippen LogP contribution in [0.15, 0.2) is 34.5 Å². The van der Waals surface area contributed by atoms with Crippen LogP contribution in [0.3, 0.4) is 0 Å². The number of benzene rings is 1. The van der Waals surface area contributed by atoms with Crippen LogP contribution in [0.25, 0.3) is 11.3 Å². The Kier molecular flexibility index (Phi) is 7.31. The highest BCUT2D eigenvalue weighted by Crippen LogP contribution is 2.23. The lowest BCUT2D eigenvalue weighted by Crippen LogP contribution is -2.47. The Labute approximate surface area is 169 Å². The number of carbonyl (C=O) groups excluding carboxylic acids is 2. The number of sulfone groups is 1. The van der Waals surface area contributed by atoms with E-state index in [4.69, 9.17) is 0 Å². The fourth-order valence-electron chi connectivity index (χ4n) is 2.36. The fraction of sp³-hybridized carbons (Fsp3) is 0.421. The predicted molar refractivity (Wildman–Crippen MR) is 110 cm³/mol. The minimum Gasteiger partial charge on any atom is -0.352 e. The molecule has 1 aromatic heterocycles. The lowest BCUT2D eigenvalue weighted by Gasteiger charge is -2.17. The third kappa shape index (κ3) is 6.13. The van der Waals surface area contributed by atoms with Gasteiger partial charge in [0, 0.05) is 23.2 Å². The SMILES string of the molecule is CC[C@H](C)NC(=O)[C@@H](C)NC(=O)Cc1nc(-c2ccc(S(C)(=O)=O)cc2)cs1. The molecule has 0 aliphatic carbocycles. The van der Waals surface area contributed by atoms with Gasteiger partial charge in [0.25, 0.3) is 0 Å². The van der Waals surface area contributed by atoms with E-state index in [0.717, 1.165) is 18.2 Å². The van der Waals surface area contributed by atoms with Gasteiger partial charge in [-0.1, -0.05) is 19.1 Å². The smallest absolute Gasteiger partial charge is 0.242 e. The van der Waals surface area contributed by atoms with E-state index in [2.05, 4.69) is 15.6 Å². The van der Waals surface area contributed by atoms with Crippen molar-refractivity contribution in [3.05, 3.63) is 34.7 Å². The Morgan fingerprint density at radius 3 is 2.36 bits per heavy atom. The predicted octanol–water partition coefficient (Wildman–Crippen LogP) is 2.18. The van der Waals surface area contributed by atoms with E-state index in [1.165, 1.54) is 23.5 Å². The third-order valence-electron chi connectivity index (χ3n) is 4.21. The van der Waals surface area contributed by atoms with Gasteiger partial charge in [-0.2, -0.15) is 0 Å². The van der Waals surface area contributed by atoms with E-state index in [9.17, 15) is 18.0 Å². The van der Waals surface area contributed by atoms with Crippen LogP contribution in [0.1, 0.15) is 32.2 Å². The molecule has 0 unspecified atom stereocenters. The maximum absolute atomic E-state index is 12.2. The molecule has 2 rings (SSSR count). The van der Waals surface area contributed by atoms with Gasteiger partial charge < -0.3 is 10.6 Å². The van der Waals surface area contributed by atoms with Crippen molar-refractivity contribution in [3.63, 3.8) is 0 Å². The van der Waals surface area contributed by atoms with E-state index in [1.54, 1.807) is 19.1 Å². The molecule has 0 spiro atoms. The van der Waals surface area contributed by atoms with E-state index in [1.807, 2.05) is 19.2 Å². The van der Waals surface area contributed by atoms with Gasteiger partial charge in [0.1, 0.15) is 11.0 Å². The summed E-state index contributed by atoms with van der Waals surface area (Å²) in [4.78, 5) is 28.9. The zero-order valence-electron chi connectivity index (χ0n) is 16.4. The van der Waals surface area contributed by atoms with Gasteiger partial charge in [0.2, 0.25) is 11.8 Å². The van der Waals surface area contributed by atoms with Crippen molar-refractivity contribution in [1.29, 1.82) is 0 Å².